The topological polar surface area (TPSA) is 118 Å². The summed E-state index contributed by atoms with van der Waals surface area (Å²) in [6.07, 6.45) is 0.549. The summed E-state index contributed by atoms with van der Waals surface area (Å²) >= 11 is 0. The van der Waals surface area contributed by atoms with E-state index in [-0.39, 0.29) is 6.54 Å². The lowest BCUT2D eigenvalue weighted by atomic mass is 10.5. The van der Waals surface area contributed by atoms with Crippen LogP contribution in [0.25, 0.3) is 0 Å². The van der Waals surface area contributed by atoms with Crippen molar-refractivity contribution in [2.45, 2.75) is 18.9 Å². The molecule has 0 spiro atoms. The molecule has 0 heterocycles. The van der Waals surface area contributed by atoms with Crippen molar-refractivity contribution < 1.29 is 28.7 Å². The summed E-state index contributed by atoms with van der Waals surface area (Å²) in [5.74, 6) is 0. The summed E-state index contributed by atoms with van der Waals surface area (Å²) in [5, 5.41) is 0. The second-order valence-electron chi connectivity index (χ2n) is 3.01. The number of hydrogen-bond donors (Lipinski definition) is 4. The van der Waals surface area contributed by atoms with Gasteiger partial charge in [-0.25, -0.2) is 0 Å². The number of nitrogens with zero attached hydrogens (tertiary/aromatic N) is 1. The quantitative estimate of drug-likeness (QED) is 0.503. The van der Waals surface area contributed by atoms with Crippen molar-refractivity contribution >= 4 is 15.2 Å². The second kappa shape index (κ2) is 4.86. The first-order valence-electron chi connectivity index (χ1n) is 3.91. The van der Waals surface area contributed by atoms with Crippen LogP contribution in [0.5, 0.6) is 0 Å². The van der Waals surface area contributed by atoms with Crippen molar-refractivity contribution in [3.05, 3.63) is 0 Å². The highest BCUT2D eigenvalue weighted by Crippen LogP contribution is 2.60. The van der Waals surface area contributed by atoms with Crippen LogP contribution < -0.4 is 0 Å². The molecule has 0 rings (SSSR count). The van der Waals surface area contributed by atoms with Crippen LogP contribution >= 0.6 is 15.2 Å². The molecule has 7 nitrogen and oxygen atoms in total. The molecule has 0 radical (unpaired) electrons. The van der Waals surface area contributed by atoms with Crippen LogP contribution in [-0.4, -0.2) is 43.6 Å². The maximum atomic E-state index is 10.9. The zero-order valence-corrected chi connectivity index (χ0v) is 9.73. The Labute approximate surface area is 82.1 Å². The predicted octanol–water partition coefficient (Wildman–Crippen LogP) is -0.0328. The number of rotatable bonds is 5. The molecule has 0 aliphatic heterocycles. The van der Waals surface area contributed by atoms with E-state index < -0.39 is 20.7 Å². The predicted molar refractivity (Wildman–Crippen MR) is 50.8 cm³/mol. The Kier molecular flexibility index (Phi) is 4.95. The van der Waals surface area contributed by atoms with Gasteiger partial charge in [-0.05, 0) is 20.0 Å². The third-order valence-electron chi connectivity index (χ3n) is 1.57. The van der Waals surface area contributed by atoms with Crippen LogP contribution in [-0.2, 0) is 9.13 Å². The molecule has 0 saturated carbocycles. The molecule has 0 aromatic rings. The van der Waals surface area contributed by atoms with Crippen molar-refractivity contribution in [1.82, 2.24) is 4.90 Å². The van der Waals surface area contributed by atoms with E-state index in [1.54, 1.807) is 6.92 Å². The molecule has 0 saturated heterocycles. The lowest BCUT2D eigenvalue weighted by Crippen LogP contribution is -2.32. The van der Waals surface area contributed by atoms with Crippen molar-refractivity contribution in [1.29, 1.82) is 0 Å². The molecule has 0 fully saturated rings. The average molecular weight is 247 g/mol. The minimum atomic E-state index is -4.82. The highest BCUT2D eigenvalue weighted by atomic mass is 31.2. The SMILES string of the molecule is CCCN(C)C(P(=O)(O)O)P(=O)(O)O. The Hall–Kier alpha value is 0.260. The van der Waals surface area contributed by atoms with Crippen molar-refractivity contribution in [2.24, 2.45) is 0 Å². The maximum absolute atomic E-state index is 10.9. The molecule has 0 atom stereocenters. The van der Waals surface area contributed by atoms with Crippen LogP contribution in [0.3, 0.4) is 0 Å². The molecule has 0 bridgehead atoms. The lowest BCUT2D eigenvalue weighted by Gasteiger charge is -2.28. The van der Waals surface area contributed by atoms with Crippen LogP contribution in [0.15, 0.2) is 0 Å². The number of hydrogen-bond acceptors (Lipinski definition) is 3. The minimum Gasteiger partial charge on any atom is -0.323 e. The van der Waals surface area contributed by atoms with E-state index in [1.165, 1.54) is 7.05 Å². The summed E-state index contributed by atoms with van der Waals surface area (Å²) in [5.41, 5.74) is -2.03. The summed E-state index contributed by atoms with van der Waals surface area (Å²) in [4.78, 5) is 36.1. The minimum absolute atomic E-state index is 0.209. The summed E-state index contributed by atoms with van der Waals surface area (Å²) in [6.45, 7) is 1.95. The van der Waals surface area contributed by atoms with Crippen LogP contribution in [0.2, 0.25) is 0 Å². The smallest absolute Gasteiger partial charge is 0.323 e. The summed E-state index contributed by atoms with van der Waals surface area (Å²) < 4.78 is 21.7. The lowest BCUT2D eigenvalue weighted by molar-refractivity contribution is 0.256. The van der Waals surface area contributed by atoms with Gasteiger partial charge in [0, 0.05) is 0 Å². The molecule has 14 heavy (non-hydrogen) atoms. The summed E-state index contributed by atoms with van der Waals surface area (Å²) in [6, 6.07) is 0. The van der Waals surface area contributed by atoms with E-state index in [4.69, 9.17) is 19.6 Å². The zero-order valence-electron chi connectivity index (χ0n) is 7.94. The van der Waals surface area contributed by atoms with Gasteiger partial charge in [0.1, 0.15) is 0 Å². The fourth-order valence-corrected chi connectivity index (χ4v) is 4.00. The standard InChI is InChI=1S/C5H15NO6P2/c1-3-4-6(2)5(13(7,8)9)14(10,11)12/h5H,3-4H2,1-2H3,(H2,7,8,9)(H2,10,11,12). The third-order valence-corrected chi connectivity index (χ3v) is 5.37. The summed E-state index contributed by atoms with van der Waals surface area (Å²) in [7, 11) is -8.37. The van der Waals surface area contributed by atoms with Crippen LogP contribution in [0.1, 0.15) is 13.3 Å². The van der Waals surface area contributed by atoms with Gasteiger partial charge in [0.05, 0.1) is 0 Å². The Morgan fingerprint density at radius 3 is 1.71 bits per heavy atom. The molecule has 0 aliphatic rings. The highest BCUT2D eigenvalue weighted by Gasteiger charge is 2.45. The average Bonchev–Trinajstić information content (AvgIpc) is 1.78. The normalized spacial score (nSPS) is 14.0. The fourth-order valence-electron chi connectivity index (χ4n) is 1.18. The van der Waals surface area contributed by atoms with E-state index >= 15 is 0 Å². The first-order valence-corrected chi connectivity index (χ1v) is 7.27. The van der Waals surface area contributed by atoms with Crippen LogP contribution in [0, 0.1) is 0 Å². The molecule has 0 aliphatic carbocycles. The van der Waals surface area contributed by atoms with E-state index in [9.17, 15) is 9.13 Å². The Morgan fingerprint density at radius 2 is 1.50 bits per heavy atom. The van der Waals surface area contributed by atoms with Gasteiger partial charge in [-0.3, -0.25) is 14.0 Å². The third kappa shape index (κ3) is 4.19. The first-order chi connectivity index (χ1) is 6.10. The second-order valence-corrected chi connectivity index (χ2v) is 6.75. The molecule has 0 unspecified atom stereocenters. The van der Waals surface area contributed by atoms with Crippen molar-refractivity contribution in [3.63, 3.8) is 0 Å². The van der Waals surface area contributed by atoms with E-state index in [0.29, 0.717) is 6.42 Å². The van der Waals surface area contributed by atoms with Crippen LogP contribution in [0.4, 0.5) is 0 Å². The van der Waals surface area contributed by atoms with Crippen molar-refractivity contribution in [3.8, 4) is 0 Å². The van der Waals surface area contributed by atoms with E-state index in [2.05, 4.69) is 0 Å². The van der Waals surface area contributed by atoms with Crippen molar-refractivity contribution in [2.75, 3.05) is 13.6 Å². The van der Waals surface area contributed by atoms with Gasteiger partial charge in [0.25, 0.3) is 0 Å². The molecule has 0 amide bonds. The Morgan fingerprint density at radius 1 is 1.14 bits per heavy atom. The van der Waals surface area contributed by atoms with Gasteiger partial charge in [0.2, 0.25) is 5.52 Å². The van der Waals surface area contributed by atoms with Gasteiger partial charge < -0.3 is 19.6 Å². The monoisotopic (exact) mass is 247 g/mol. The van der Waals surface area contributed by atoms with Gasteiger partial charge in [0.15, 0.2) is 0 Å². The van der Waals surface area contributed by atoms with E-state index in [1.807, 2.05) is 0 Å². The molecule has 0 aromatic heterocycles. The molecule has 4 N–H and O–H groups in total. The maximum Gasteiger partial charge on any atom is 0.354 e. The van der Waals surface area contributed by atoms with Gasteiger partial charge in [-0.15, -0.1) is 0 Å². The molecule has 9 heteroatoms. The largest absolute Gasteiger partial charge is 0.354 e. The van der Waals surface area contributed by atoms with Gasteiger partial charge in [-0.2, -0.15) is 0 Å². The van der Waals surface area contributed by atoms with Gasteiger partial charge in [-0.1, -0.05) is 6.92 Å². The van der Waals surface area contributed by atoms with E-state index in [0.717, 1.165) is 4.90 Å². The highest BCUT2D eigenvalue weighted by molar-refractivity contribution is 7.70. The first kappa shape index (κ1) is 14.3. The zero-order chi connectivity index (χ0) is 11.6. The fraction of sp³-hybridized carbons (Fsp3) is 1.00. The molecule has 86 valence electrons. The molecule has 0 aromatic carbocycles. The Balaban J connectivity index is 4.94. The Bertz CT molecular complexity index is 247. The molecular weight excluding hydrogens is 232 g/mol. The van der Waals surface area contributed by atoms with Gasteiger partial charge >= 0.3 is 15.2 Å². The molecular formula is C5H15NO6P2.